The van der Waals surface area contributed by atoms with Gasteiger partial charge in [-0.05, 0) is 49.8 Å². The number of fused-ring (bicyclic) bond motifs is 1. The molecular formula is C22H25Cl2N3. The Labute approximate surface area is 170 Å². The quantitative estimate of drug-likeness (QED) is 0.538. The Morgan fingerprint density at radius 1 is 1.19 bits per heavy atom. The highest BCUT2D eigenvalue weighted by Gasteiger charge is 2.26. The molecule has 1 saturated carbocycles. The molecule has 0 bridgehead atoms. The summed E-state index contributed by atoms with van der Waals surface area (Å²) in [4.78, 5) is 0. The third-order valence-electron chi connectivity index (χ3n) is 5.63. The minimum atomic E-state index is 0.629. The van der Waals surface area contributed by atoms with E-state index >= 15 is 0 Å². The summed E-state index contributed by atoms with van der Waals surface area (Å²) in [6.07, 6.45) is 6.15. The maximum Gasteiger partial charge on any atom is 0.100 e. The van der Waals surface area contributed by atoms with Crippen LogP contribution in [0.3, 0.4) is 0 Å². The molecule has 1 atom stereocenters. The average molecular weight is 402 g/mol. The molecule has 1 aliphatic rings. The zero-order valence-corrected chi connectivity index (χ0v) is 17.1. The Morgan fingerprint density at radius 3 is 2.70 bits per heavy atom. The second kappa shape index (κ2) is 7.83. The van der Waals surface area contributed by atoms with Gasteiger partial charge in [0.15, 0.2) is 0 Å². The van der Waals surface area contributed by atoms with E-state index in [1.165, 1.54) is 30.3 Å². The van der Waals surface area contributed by atoms with E-state index in [0.717, 1.165) is 41.9 Å². The van der Waals surface area contributed by atoms with Crippen molar-refractivity contribution in [3.05, 3.63) is 52.1 Å². The van der Waals surface area contributed by atoms with Crippen LogP contribution >= 0.6 is 23.2 Å². The molecule has 2 aromatic carbocycles. The van der Waals surface area contributed by atoms with E-state index in [1.807, 2.05) is 23.9 Å². The number of benzene rings is 2. The van der Waals surface area contributed by atoms with Crippen LogP contribution in [0.15, 0.2) is 36.4 Å². The van der Waals surface area contributed by atoms with E-state index < -0.39 is 0 Å². The van der Waals surface area contributed by atoms with Crippen molar-refractivity contribution < 1.29 is 0 Å². The molecule has 1 aromatic heterocycles. The molecule has 142 valence electrons. The van der Waals surface area contributed by atoms with Gasteiger partial charge in [0.25, 0.3) is 0 Å². The monoisotopic (exact) mass is 401 g/mol. The second-order valence-electron chi connectivity index (χ2n) is 7.72. The van der Waals surface area contributed by atoms with Crippen molar-refractivity contribution >= 4 is 34.1 Å². The van der Waals surface area contributed by atoms with Crippen molar-refractivity contribution in [1.29, 1.82) is 0 Å². The molecule has 5 heteroatoms. The normalized spacial score (nSPS) is 15.4. The predicted molar refractivity (Wildman–Crippen MR) is 114 cm³/mol. The van der Waals surface area contributed by atoms with Crippen LogP contribution in [0.5, 0.6) is 0 Å². The van der Waals surface area contributed by atoms with Gasteiger partial charge in [0.1, 0.15) is 5.52 Å². The minimum Gasteiger partial charge on any atom is -0.330 e. The lowest BCUT2D eigenvalue weighted by Crippen LogP contribution is -2.14. The number of nitrogens with zero attached hydrogens (tertiary/aromatic N) is 2. The van der Waals surface area contributed by atoms with Crippen LogP contribution in [-0.4, -0.2) is 16.3 Å². The van der Waals surface area contributed by atoms with E-state index in [9.17, 15) is 0 Å². The maximum atomic E-state index is 6.47. The predicted octanol–water partition coefficient (Wildman–Crippen LogP) is 5.85. The fourth-order valence-electron chi connectivity index (χ4n) is 4.07. The van der Waals surface area contributed by atoms with E-state index in [0.29, 0.717) is 16.0 Å². The summed E-state index contributed by atoms with van der Waals surface area (Å²) in [6.45, 7) is 0.749. The van der Waals surface area contributed by atoms with Crippen molar-refractivity contribution in [2.24, 2.45) is 24.6 Å². The number of hydrogen-bond acceptors (Lipinski definition) is 2. The summed E-state index contributed by atoms with van der Waals surface area (Å²) < 4.78 is 2.04. The third kappa shape index (κ3) is 4.01. The second-order valence-corrected chi connectivity index (χ2v) is 8.57. The first kappa shape index (κ1) is 18.8. The Morgan fingerprint density at radius 2 is 2.00 bits per heavy atom. The number of hydrogen-bond donors (Lipinski definition) is 1. The Bertz CT molecular complexity index is 960. The van der Waals surface area contributed by atoms with Crippen LogP contribution in [0.2, 0.25) is 10.0 Å². The third-order valence-corrected chi connectivity index (χ3v) is 6.18. The molecule has 0 saturated heterocycles. The van der Waals surface area contributed by atoms with E-state index in [2.05, 4.69) is 18.2 Å². The minimum absolute atomic E-state index is 0.629. The molecule has 3 nitrogen and oxygen atoms in total. The van der Waals surface area contributed by atoms with Gasteiger partial charge in [-0.25, -0.2) is 0 Å². The number of rotatable bonds is 7. The van der Waals surface area contributed by atoms with Gasteiger partial charge in [0, 0.05) is 39.3 Å². The molecule has 0 aliphatic heterocycles. The Kier molecular flexibility index (Phi) is 5.45. The molecule has 3 aromatic rings. The van der Waals surface area contributed by atoms with Crippen molar-refractivity contribution in [3.63, 3.8) is 0 Å². The molecule has 2 N–H and O–H groups in total. The van der Waals surface area contributed by atoms with Crippen molar-refractivity contribution in [2.75, 3.05) is 6.54 Å². The molecule has 1 aliphatic carbocycles. The van der Waals surface area contributed by atoms with Crippen LogP contribution in [-0.2, 0) is 13.5 Å². The van der Waals surface area contributed by atoms with Gasteiger partial charge in [-0.2, -0.15) is 5.10 Å². The molecule has 0 radical (unpaired) electrons. The SMILES string of the molecule is Cn1nc2c(-c3ccc(Cl)cc3Cl)cccc2c1CC(CCN)CC1CC1. The lowest BCUT2D eigenvalue weighted by Gasteiger charge is -2.16. The first-order valence-corrected chi connectivity index (χ1v) is 10.4. The van der Waals surface area contributed by atoms with Crippen LogP contribution in [0.25, 0.3) is 22.0 Å². The topological polar surface area (TPSA) is 43.8 Å². The van der Waals surface area contributed by atoms with Gasteiger partial charge in [-0.15, -0.1) is 0 Å². The van der Waals surface area contributed by atoms with E-state index in [-0.39, 0.29) is 0 Å². The summed E-state index contributed by atoms with van der Waals surface area (Å²) in [5.41, 5.74) is 10.2. The van der Waals surface area contributed by atoms with E-state index in [1.54, 1.807) is 6.07 Å². The standard InChI is InChI=1S/C22H25Cl2N3/c1-27-21(12-15(9-10-25)11-14-5-6-14)19-4-2-3-18(22(19)26-27)17-8-7-16(23)13-20(17)24/h2-4,7-8,13-15H,5-6,9-12,25H2,1H3. The van der Waals surface area contributed by atoms with Gasteiger partial charge in [-0.3, -0.25) is 4.68 Å². The zero-order chi connectivity index (χ0) is 19.0. The summed E-state index contributed by atoms with van der Waals surface area (Å²) in [5.74, 6) is 1.54. The molecule has 1 fully saturated rings. The van der Waals surface area contributed by atoms with Gasteiger partial charge in [0.2, 0.25) is 0 Å². The van der Waals surface area contributed by atoms with Crippen molar-refractivity contribution in [3.8, 4) is 11.1 Å². The smallest absolute Gasteiger partial charge is 0.100 e. The van der Waals surface area contributed by atoms with Gasteiger partial charge in [-0.1, -0.05) is 60.3 Å². The van der Waals surface area contributed by atoms with Crippen molar-refractivity contribution in [1.82, 2.24) is 9.78 Å². The van der Waals surface area contributed by atoms with E-state index in [4.69, 9.17) is 34.0 Å². The Hall–Kier alpha value is -1.55. The molecular weight excluding hydrogens is 377 g/mol. The molecule has 4 rings (SSSR count). The highest BCUT2D eigenvalue weighted by molar-refractivity contribution is 6.36. The molecule has 1 heterocycles. The van der Waals surface area contributed by atoms with Crippen molar-refractivity contribution in [2.45, 2.75) is 32.1 Å². The number of halogens is 2. The number of nitrogens with two attached hydrogens (primary N) is 1. The Balaban J connectivity index is 1.73. The number of aromatic nitrogens is 2. The summed E-state index contributed by atoms with van der Waals surface area (Å²) >= 11 is 12.5. The van der Waals surface area contributed by atoms with Crippen LogP contribution < -0.4 is 5.73 Å². The van der Waals surface area contributed by atoms with Gasteiger partial charge >= 0.3 is 0 Å². The number of aryl methyl sites for hydroxylation is 1. The molecule has 0 amide bonds. The average Bonchev–Trinajstić information content (AvgIpc) is 3.38. The molecule has 1 unspecified atom stereocenters. The highest BCUT2D eigenvalue weighted by Crippen LogP contribution is 2.39. The lowest BCUT2D eigenvalue weighted by molar-refractivity contribution is 0.419. The summed E-state index contributed by atoms with van der Waals surface area (Å²) in [5, 5.41) is 7.35. The fourth-order valence-corrected chi connectivity index (χ4v) is 4.58. The largest absolute Gasteiger partial charge is 0.330 e. The maximum absolute atomic E-state index is 6.47. The summed E-state index contributed by atoms with van der Waals surface area (Å²) in [6, 6.07) is 12.0. The zero-order valence-electron chi connectivity index (χ0n) is 15.6. The first-order chi connectivity index (χ1) is 13.1. The molecule has 0 spiro atoms. The van der Waals surface area contributed by atoms with Crippen LogP contribution in [0, 0.1) is 11.8 Å². The summed E-state index contributed by atoms with van der Waals surface area (Å²) in [7, 11) is 2.04. The lowest BCUT2D eigenvalue weighted by atomic mass is 9.91. The molecule has 27 heavy (non-hydrogen) atoms. The first-order valence-electron chi connectivity index (χ1n) is 9.67. The van der Waals surface area contributed by atoms with Crippen LogP contribution in [0.4, 0.5) is 0 Å². The fraction of sp³-hybridized carbons (Fsp3) is 0.409. The van der Waals surface area contributed by atoms with Gasteiger partial charge < -0.3 is 5.73 Å². The van der Waals surface area contributed by atoms with Gasteiger partial charge in [0.05, 0.1) is 0 Å². The van der Waals surface area contributed by atoms with Crippen LogP contribution in [0.1, 0.15) is 31.4 Å². The highest BCUT2D eigenvalue weighted by atomic mass is 35.5.